The van der Waals surface area contributed by atoms with Gasteiger partial charge in [-0.1, -0.05) is 34.6 Å². The first-order valence-corrected chi connectivity index (χ1v) is 9.23. The van der Waals surface area contributed by atoms with Crippen LogP contribution >= 0.6 is 0 Å². The second-order valence-electron chi connectivity index (χ2n) is 7.88. The first-order valence-electron chi connectivity index (χ1n) is 7.41. The number of rotatable bonds is 5. The van der Waals surface area contributed by atoms with E-state index in [1.807, 2.05) is 6.92 Å². The van der Waals surface area contributed by atoms with Crippen molar-refractivity contribution in [3.8, 4) is 0 Å². The van der Waals surface area contributed by atoms with Gasteiger partial charge in [-0.2, -0.15) is 0 Å². The molecule has 3 nitrogen and oxygen atoms in total. The van der Waals surface area contributed by atoms with Crippen molar-refractivity contribution >= 4 is 9.84 Å². The summed E-state index contributed by atoms with van der Waals surface area (Å²) >= 11 is 0. The highest BCUT2D eigenvalue weighted by Gasteiger charge is 2.38. The molecule has 1 atom stereocenters. The van der Waals surface area contributed by atoms with Gasteiger partial charge in [-0.3, -0.25) is 0 Å². The summed E-state index contributed by atoms with van der Waals surface area (Å²) < 4.78 is 23.3. The molecule has 0 spiro atoms. The minimum atomic E-state index is -2.89. The topological polar surface area (TPSA) is 46.2 Å². The summed E-state index contributed by atoms with van der Waals surface area (Å²) in [6, 6.07) is 0.473. The molecule has 19 heavy (non-hydrogen) atoms. The zero-order chi connectivity index (χ0) is 14.9. The van der Waals surface area contributed by atoms with E-state index in [0.29, 0.717) is 16.9 Å². The Bertz CT molecular complexity index is 382. The van der Waals surface area contributed by atoms with Gasteiger partial charge in [0, 0.05) is 17.8 Å². The third kappa shape index (κ3) is 5.82. The van der Waals surface area contributed by atoms with Crippen LogP contribution in [0, 0.1) is 10.8 Å². The molecule has 0 radical (unpaired) electrons. The molecule has 0 saturated heterocycles. The zero-order valence-electron chi connectivity index (χ0n) is 13.4. The molecular weight excluding hydrogens is 258 g/mol. The standard InChI is InChI=1S/C15H31NO2S/c1-7-19(17,18)10-12(2)16-13-8-14(3,4)11-15(5,6)9-13/h12-13,16H,7-11H2,1-6H3. The Kier molecular flexibility index (Phi) is 5.11. The van der Waals surface area contributed by atoms with Crippen LogP contribution in [0.25, 0.3) is 0 Å². The van der Waals surface area contributed by atoms with Crippen LogP contribution in [0.15, 0.2) is 0 Å². The average Bonchev–Trinajstić information content (AvgIpc) is 2.10. The molecule has 1 fully saturated rings. The van der Waals surface area contributed by atoms with Gasteiger partial charge in [0.15, 0.2) is 9.84 Å². The van der Waals surface area contributed by atoms with Crippen LogP contribution in [0.3, 0.4) is 0 Å². The second kappa shape index (κ2) is 5.72. The maximum Gasteiger partial charge on any atom is 0.151 e. The number of hydrogen-bond acceptors (Lipinski definition) is 3. The van der Waals surface area contributed by atoms with Crippen molar-refractivity contribution in [1.29, 1.82) is 0 Å². The lowest BCUT2D eigenvalue weighted by atomic mass is 9.63. The van der Waals surface area contributed by atoms with Gasteiger partial charge in [0.2, 0.25) is 0 Å². The monoisotopic (exact) mass is 289 g/mol. The highest BCUT2D eigenvalue weighted by Crippen LogP contribution is 2.45. The Morgan fingerprint density at radius 3 is 2.05 bits per heavy atom. The Balaban J connectivity index is 2.61. The van der Waals surface area contributed by atoms with Crippen molar-refractivity contribution in [3.63, 3.8) is 0 Å². The maximum atomic E-state index is 11.7. The van der Waals surface area contributed by atoms with Crippen LogP contribution in [0.1, 0.15) is 60.8 Å². The van der Waals surface area contributed by atoms with E-state index in [-0.39, 0.29) is 17.5 Å². The molecule has 1 saturated carbocycles. The molecule has 114 valence electrons. The van der Waals surface area contributed by atoms with Gasteiger partial charge in [-0.15, -0.1) is 0 Å². The molecule has 0 aromatic rings. The molecule has 0 amide bonds. The Labute approximate surface area is 119 Å². The fourth-order valence-corrected chi connectivity index (χ4v) is 5.01. The molecule has 1 rings (SSSR count). The van der Waals surface area contributed by atoms with Crippen molar-refractivity contribution in [2.45, 2.75) is 72.9 Å². The normalized spacial score (nSPS) is 25.2. The molecule has 0 bridgehead atoms. The third-order valence-corrected chi connectivity index (χ3v) is 5.91. The van der Waals surface area contributed by atoms with Gasteiger partial charge in [0.1, 0.15) is 0 Å². The van der Waals surface area contributed by atoms with E-state index >= 15 is 0 Å². The van der Waals surface area contributed by atoms with Crippen LogP contribution in [-0.4, -0.2) is 32.0 Å². The lowest BCUT2D eigenvalue weighted by molar-refractivity contribution is 0.0822. The molecule has 0 aromatic carbocycles. The second-order valence-corrected chi connectivity index (χ2v) is 10.3. The summed E-state index contributed by atoms with van der Waals surface area (Å²) in [7, 11) is -2.89. The van der Waals surface area contributed by atoms with Crippen molar-refractivity contribution < 1.29 is 8.42 Å². The van der Waals surface area contributed by atoms with Crippen molar-refractivity contribution in [2.75, 3.05) is 11.5 Å². The first kappa shape index (κ1) is 17.0. The van der Waals surface area contributed by atoms with Crippen molar-refractivity contribution in [2.24, 2.45) is 10.8 Å². The molecule has 1 aliphatic carbocycles. The van der Waals surface area contributed by atoms with Crippen molar-refractivity contribution in [3.05, 3.63) is 0 Å². The third-order valence-electron chi connectivity index (χ3n) is 4.02. The summed E-state index contributed by atoms with van der Waals surface area (Å²) in [5, 5.41) is 3.54. The van der Waals surface area contributed by atoms with Gasteiger partial charge in [-0.25, -0.2) is 8.42 Å². The van der Waals surface area contributed by atoms with Crippen LogP contribution < -0.4 is 5.32 Å². The molecule has 0 aromatic heterocycles. The number of hydrogen-bond donors (Lipinski definition) is 1. The highest BCUT2D eigenvalue weighted by atomic mass is 32.2. The molecule has 1 aliphatic rings. The summed E-state index contributed by atoms with van der Waals surface area (Å²) in [5.74, 6) is 0.488. The minimum absolute atomic E-state index is 0.0413. The fraction of sp³-hybridized carbons (Fsp3) is 1.00. The van der Waals surface area contributed by atoms with Crippen LogP contribution in [0.2, 0.25) is 0 Å². The average molecular weight is 289 g/mol. The molecule has 1 N–H and O–H groups in total. The quantitative estimate of drug-likeness (QED) is 0.846. The van der Waals surface area contributed by atoms with E-state index in [1.165, 1.54) is 6.42 Å². The lowest BCUT2D eigenvalue weighted by Gasteiger charge is -2.46. The van der Waals surface area contributed by atoms with Crippen LogP contribution in [-0.2, 0) is 9.84 Å². The van der Waals surface area contributed by atoms with E-state index in [2.05, 4.69) is 33.0 Å². The molecular formula is C15H31NO2S. The van der Waals surface area contributed by atoms with Crippen molar-refractivity contribution in [1.82, 2.24) is 5.32 Å². The summed E-state index contributed by atoms with van der Waals surface area (Å²) in [4.78, 5) is 0. The lowest BCUT2D eigenvalue weighted by Crippen LogP contribution is -2.48. The van der Waals surface area contributed by atoms with E-state index in [4.69, 9.17) is 0 Å². The minimum Gasteiger partial charge on any atom is -0.310 e. The summed E-state index contributed by atoms with van der Waals surface area (Å²) in [6.07, 6.45) is 3.50. The molecule has 1 unspecified atom stereocenters. The Morgan fingerprint density at radius 1 is 1.16 bits per heavy atom. The largest absolute Gasteiger partial charge is 0.310 e. The predicted octanol–water partition coefficient (Wildman–Crippen LogP) is 3.00. The fourth-order valence-electron chi connectivity index (χ4n) is 3.91. The van der Waals surface area contributed by atoms with E-state index in [9.17, 15) is 8.42 Å². The maximum absolute atomic E-state index is 11.7. The van der Waals surface area contributed by atoms with Gasteiger partial charge in [0.25, 0.3) is 0 Å². The SMILES string of the molecule is CCS(=O)(=O)CC(C)NC1CC(C)(C)CC(C)(C)C1. The van der Waals surface area contributed by atoms with Crippen LogP contribution in [0.4, 0.5) is 0 Å². The van der Waals surface area contributed by atoms with Gasteiger partial charge < -0.3 is 5.32 Å². The number of nitrogens with one attached hydrogen (secondary N) is 1. The molecule has 4 heteroatoms. The van der Waals surface area contributed by atoms with E-state index in [1.54, 1.807) is 6.92 Å². The number of sulfone groups is 1. The zero-order valence-corrected chi connectivity index (χ0v) is 14.2. The molecule has 0 heterocycles. The summed E-state index contributed by atoms with van der Waals surface area (Å²) in [5.41, 5.74) is 0.672. The summed E-state index contributed by atoms with van der Waals surface area (Å²) in [6.45, 7) is 13.0. The molecule has 0 aliphatic heterocycles. The van der Waals surface area contributed by atoms with E-state index < -0.39 is 9.84 Å². The Hall–Kier alpha value is -0.0900. The highest BCUT2D eigenvalue weighted by molar-refractivity contribution is 7.91. The Morgan fingerprint density at radius 2 is 1.63 bits per heavy atom. The van der Waals surface area contributed by atoms with Gasteiger partial charge >= 0.3 is 0 Å². The van der Waals surface area contributed by atoms with Gasteiger partial charge in [-0.05, 0) is 37.0 Å². The van der Waals surface area contributed by atoms with Crippen LogP contribution in [0.5, 0.6) is 0 Å². The van der Waals surface area contributed by atoms with E-state index in [0.717, 1.165) is 12.8 Å². The smallest absolute Gasteiger partial charge is 0.151 e. The van der Waals surface area contributed by atoms with Gasteiger partial charge in [0.05, 0.1) is 5.75 Å². The first-order chi connectivity index (χ1) is 8.45. The predicted molar refractivity (Wildman–Crippen MR) is 82.1 cm³/mol.